The molecule has 2 heterocycles. The number of hydrogen-bond acceptors (Lipinski definition) is 6. The number of rotatable bonds is 4. The van der Waals surface area contributed by atoms with Crippen LogP contribution in [-0.4, -0.2) is 64.4 Å². The summed E-state index contributed by atoms with van der Waals surface area (Å²) >= 11 is 0. The number of pyridine rings is 1. The number of carboxylic acid groups (broad SMARTS) is 1. The molecular formula is C14H22N4O3. The fraction of sp³-hybridized carbons (Fsp3) is 0.571. The topological polar surface area (TPSA) is 103 Å². The minimum atomic E-state index is -1.04. The molecule has 4 N–H and O–H groups in total. The van der Waals surface area contributed by atoms with Gasteiger partial charge in [0.1, 0.15) is 0 Å². The first-order chi connectivity index (χ1) is 9.78. The van der Waals surface area contributed by atoms with Crippen LogP contribution in [0.2, 0.25) is 0 Å². The fourth-order valence-electron chi connectivity index (χ4n) is 2.57. The minimum Gasteiger partial charge on any atom is -0.478 e. The molecule has 1 saturated heterocycles. The summed E-state index contributed by atoms with van der Waals surface area (Å²) in [6.45, 7) is 7.15. The molecule has 1 aliphatic heterocycles. The monoisotopic (exact) mass is 294 g/mol. The Morgan fingerprint density at radius 3 is 2.52 bits per heavy atom. The number of carbonyl (C=O) groups is 1. The van der Waals surface area contributed by atoms with Gasteiger partial charge in [-0.15, -0.1) is 0 Å². The predicted octanol–water partition coefficient (Wildman–Crippen LogP) is 0.255. The second-order valence-corrected chi connectivity index (χ2v) is 5.98. The van der Waals surface area contributed by atoms with Crippen molar-refractivity contribution in [3.8, 4) is 0 Å². The summed E-state index contributed by atoms with van der Waals surface area (Å²) in [5.74, 6) is -0.519. The SMILES string of the molecule is CC(C)(O)CN1CCN(c2nccc(C(=O)O)c2N)CC1. The molecule has 0 spiro atoms. The minimum absolute atomic E-state index is 0.0823. The lowest BCUT2D eigenvalue weighted by Crippen LogP contribution is -2.50. The molecule has 2 rings (SSSR count). The summed E-state index contributed by atoms with van der Waals surface area (Å²) in [6, 6.07) is 1.41. The molecule has 1 aliphatic rings. The van der Waals surface area contributed by atoms with Crippen molar-refractivity contribution in [1.82, 2.24) is 9.88 Å². The van der Waals surface area contributed by atoms with Crippen LogP contribution >= 0.6 is 0 Å². The molecular weight excluding hydrogens is 272 g/mol. The predicted molar refractivity (Wildman–Crippen MR) is 80.6 cm³/mol. The van der Waals surface area contributed by atoms with Crippen molar-refractivity contribution in [3.63, 3.8) is 0 Å². The van der Waals surface area contributed by atoms with E-state index in [4.69, 9.17) is 10.8 Å². The van der Waals surface area contributed by atoms with E-state index < -0.39 is 11.6 Å². The summed E-state index contributed by atoms with van der Waals surface area (Å²) in [4.78, 5) is 19.5. The van der Waals surface area contributed by atoms with E-state index in [1.807, 2.05) is 4.90 Å². The molecule has 0 aromatic carbocycles. The van der Waals surface area contributed by atoms with E-state index in [0.717, 1.165) is 13.1 Å². The second kappa shape index (κ2) is 5.87. The van der Waals surface area contributed by atoms with Gasteiger partial charge in [-0.2, -0.15) is 0 Å². The van der Waals surface area contributed by atoms with Crippen LogP contribution in [0.15, 0.2) is 12.3 Å². The Labute approximate surface area is 124 Å². The van der Waals surface area contributed by atoms with Crippen molar-refractivity contribution in [3.05, 3.63) is 17.8 Å². The summed E-state index contributed by atoms with van der Waals surface area (Å²) in [7, 11) is 0. The number of aromatic nitrogens is 1. The van der Waals surface area contributed by atoms with Crippen molar-refractivity contribution in [2.24, 2.45) is 0 Å². The number of aromatic carboxylic acids is 1. The maximum Gasteiger partial charge on any atom is 0.337 e. The lowest BCUT2D eigenvalue weighted by Gasteiger charge is -2.38. The van der Waals surface area contributed by atoms with E-state index in [1.165, 1.54) is 12.3 Å². The maximum absolute atomic E-state index is 11.1. The van der Waals surface area contributed by atoms with Crippen LogP contribution in [0.1, 0.15) is 24.2 Å². The average Bonchev–Trinajstić information content (AvgIpc) is 2.38. The maximum atomic E-state index is 11.1. The third-order valence-electron chi connectivity index (χ3n) is 3.48. The third kappa shape index (κ3) is 3.83. The third-order valence-corrected chi connectivity index (χ3v) is 3.48. The van der Waals surface area contributed by atoms with E-state index in [0.29, 0.717) is 25.5 Å². The molecule has 7 nitrogen and oxygen atoms in total. The van der Waals surface area contributed by atoms with Gasteiger partial charge in [-0.3, -0.25) is 4.90 Å². The molecule has 116 valence electrons. The molecule has 1 aromatic rings. The average molecular weight is 294 g/mol. The highest BCUT2D eigenvalue weighted by atomic mass is 16.4. The summed E-state index contributed by atoms with van der Waals surface area (Å²) in [6.07, 6.45) is 1.47. The molecule has 0 unspecified atom stereocenters. The van der Waals surface area contributed by atoms with Crippen LogP contribution in [0.3, 0.4) is 0 Å². The molecule has 1 fully saturated rings. The molecule has 7 heteroatoms. The van der Waals surface area contributed by atoms with E-state index in [9.17, 15) is 9.90 Å². The van der Waals surface area contributed by atoms with Gasteiger partial charge in [-0.05, 0) is 19.9 Å². The quantitative estimate of drug-likeness (QED) is 0.731. The van der Waals surface area contributed by atoms with Crippen molar-refractivity contribution in [1.29, 1.82) is 0 Å². The van der Waals surface area contributed by atoms with Gasteiger partial charge < -0.3 is 20.8 Å². The van der Waals surface area contributed by atoms with E-state index >= 15 is 0 Å². The molecule has 0 bridgehead atoms. The summed E-state index contributed by atoms with van der Waals surface area (Å²) in [5, 5.41) is 18.9. The Morgan fingerprint density at radius 1 is 1.38 bits per heavy atom. The zero-order valence-electron chi connectivity index (χ0n) is 12.4. The number of hydrogen-bond donors (Lipinski definition) is 3. The number of piperazine rings is 1. The molecule has 0 atom stereocenters. The van der Waals surface area contributed by atoms with Crippen molar-refractivity contribution < 1.29 is 15.0 Å². The molecule has 0 amide bonds. The highest BCUT2D eigenvalue weighted by Crippen LogP contribution is 2.25. The van der Waals surface area contributed by atoms with Crippen LogP contribution in [0.25, 0.3) is 0 Å². The Morgan fingerprint density at radius 2 is 2.00 bits per heavy atom. The van der Waals surface area contributed by atoms with Gasteiger partial charge in [0.2, 0.25) is 0 Å². The smallest absolute Gasteiger partial charge is 0.337 e. The van der Waals surface area contributed by atoms with Gasteiger partial charge in [0, 0.05) is 38.9 Å². The molecule has 1 aromatic heterocycles. The number of carboxylic acids is 1. The summed E-state index contributed by atoms with van der Waals surface area (Å²) in [5.41, 5.74) is 5.48. The van der Waals surface area contributed by atoms with Crippen molar-refractivity contribution in [2.75, 3.05) is 43.4 Å². The van der Waals surface area contributed by atoms with E-state index in [2.05, 4.69) is 9.88 Å². The van der Waals surface area contributed by atoms with E-state index in [1.54, 1.807) is 13.8 Å². The van der Waals surface area contributed by atoms with Gasteiger partial charge in [0.15, 0.2) is 5.82 Å². The van der Waals surface area contributed by atoms with Crippen LogP contribution in [-0.2, 0) is 0 Å². The highest BCUT2D eigenvalue weighted by Gasteiger charge is 2.25. The van der Waals surface area contributed by atoms with Gasteiger partial charge >= 0.3 is 5.97 Å². The Bertz CT molecular complexity index is 519. The number of anilines is 2. The number of nitrogens with zero attached hydrogens (tertiary/aromatic N) is 3. The van der Waals surface area contributed by atoms with E-state index in [-0.39, 0.29) is 11.3 Å². The second-order valence-electron chi connectivity index (χ2n) is 5.98. The molecule has 0 radical (unpaired) electrons. The Hall–Kier alpha value is -1.86. The Balaban J connectivity index is 2.06. The highest BCUT2D eigenvalue weighted by molar-refractivity contribution is 5.96. The first-order valence-corrected chi connectivity index (χ1v) is 6.95. The first-order valence-electron chi connectivity index (χ1n) is 6.95. The van der Waals surface area contributed by atoms with Crippen LogP contribution < -0.4 is 10.6 Å². The van der Waals surface area contributed by atoms with Gasteiger partial charge in [-0.1, -0.05) is 0 Å². The van der Waals surface area contributed by atoms with Crippen LogP contribution in [0.5, 0.6) is 0 Å². The van der Waals surface area contributed by atoms with Crippen molar-refractivity contribution >= 4 is 17.5 Å². The normalized spacial score (nSPS) is 17.0. The zero-order valence-corrected chi connectivity index (χ0v) is 12.4. The zero-order chi connectivity index (χ0) is 15.6. The fourth-order valence-corrected chi connectivity index (χ4v) is 2.57. The molecule has 21 heavy (non-hydrogen) atoms. The van der Waals surface area contributed by atoms with Gasteiger partial charge in [0.25, 0.3) is 0 Å². The van der Waals surface area contributed by atoms with Crippen molar-refractivity contribution in [2.45, 2.75) is 19.4 Å². The number of nitrogens with two attached hydrogens (primary N) is 1. The molecule has 0 saturated carbocycles. The largest absolute Gasteiger partial charge is 0.478 e. The standard InChI is InChI=1S/C14H22N4O3/c1-14(2,21)9-17-5-7-18(8-6-17)12-11(15)10(13(19)20)3-4-16-12/h3-4,21H,5-9,15H2,1-2H3,(H,19,20). The number of β-amino-alcohol motifs (C(OH)–C–C–N with tert-alkyl or cyclic N) is 1. The van der Waals surface area contributed by atoms with Gasteiger partial charge in [-0.25, -0.2) is 9.78 Å². The summed E-state index contributed by atoms with van der Waals surface area (Å²) < 4.78 is 0. The van der Waals surface area contributed by atoms with Crippen LogP contribution in [0, 0.1) is 0 Å². The first kappa shape index (κ1) is 15.5. The van der Waals surface area contributed by atoms with Gasteiger partial charge in [0.05, 0.1) is 16.9 Å². The lowest BCUT2D eigenvalue weighted by atomic mass is 10.1. The lowest BCUT2D eigenvalue weighted by molar-refractivity contribution is 0.0344. The van der Waals surface area contributed by atoms with Crippen LogP contribution in [0.4, 0.5) is 11.5 Å². The Kier molecular flexibility index (Phi) is 4.34. The molecule has 0 aliphatic carbocycles. The number of aliphatic hydroxyl groups is 1. The number of nitrogen functional groups attached to an aromatic ring is 1.